The van der Waals surface area contributed by atoms with E-state index in [2.05, 4.69) is 15.6 Å². The van der Waals surface area contributed by atoms with E-state index in [0.29, 0.717) is 16.6 Å². The number of guanidine groups is 1. The first-order valence-electron chi connectivity index (χ1n) is 5.32. The number of hydrogen-bond donors (Lipinski definition) is 3. The van der Waals surface area contributed by atoms with Crippen LogP contribution in [0.4, 0.5) is 0 Å². The molecule has 1 unspecified atom stereocenters. The van der Waals surface area contributed by atoms with Crippen molar-refractivity contribution in [3.8, 4) is 0 Å². The molecule has 1 aromatic rings. The first-order chi connectivity index (χ1) is 8.16. The molecule has 0 amide bonds. The van der Waals surface area contributed by atoms with Crippen LogP contribution in [-0.4, -0.2) is 30.7 Å². The Morgan fingerprint density at radius 3 is 2.88 bits per heavy atom. The molecule has 0 saturated carbocycles. The molecule has 0 aromatic heterocycles. The molecule has 6 heteroatoms. The molecule has 0 saturated heterocycles. The van der Waals surface area contributed by atoms with Gasteiger partial charge in [0.05, 0.1) is 22.7 Å². The topological polar surface area (TPSA) is 56.6 Å². The lowest BCUT2D eigenvalue weighted by Gasteiger charge is -2.13. The summed E-state index contributed by atoms with van der Waals surface area (Å²) in [4.78, 5) is 4.17. The number of nitrogens with one attached hydrogen (secondary N) is 2. The molecule has 17 heavy (non-hydrogen) atoms. The van der Waals surface area contributed by atoms with Gasteiger partial charge in [-0.05, 0) is 17.7 Å². The molecule has 1 heterocycles. The first-order valence-corrected chi connectivity index (χ1v) is 6.07. The van der Waals surface area contributed by atoms with Crippen LogP contribution in [0.5, 0.6) is 0 Å². The van der Waals surface area contributed by atoms with Gasteiger partial charge < -0.3 is 15.7 Å². The monoisotopic (exact) mass is 273 g/mol. The molecule has 3 N–H and O–H groups in total. The summed E-state index contributed by atoms with van der Waals surface area (Å²) in [6, 6.07) is 5.10. The van der Waals surface area contributed by atoms with Gasteiger partial charge in [-0.25, -0.2) is 0 Å². The molecule has 92 valence electrons. The van der Waals surface area contributed by atoms with Gasteiger partial charge in [0.2, 0.25) is 0 Å². The molecule has 0 radical (unpaired) electrons. The number of benzene rings is 1. The normalized spacial score (nSPS) is 16.3. The lowest BCUT2D eigenvalue weighted by Crippen LogP contribution is -2.36. The average Bonchev–Trinajstić information content (AvgIpc) is 2.82. The van der Waals surface area contributed by atoms with Crippen LogP contribution in [-0.2, 0) is 0 Å². The number of rotatable bonds is 3. The summed E-state index contributed by atoms with van der Waals surface area (Å²) in [5.74, 6) is 0.726. The molecule has 0 bridgehead atoms. The van der Waals surface area contributed by atoms with Gasteiger partial charge in [0.25, 0.3) is 0 Å². The zero-order valence-corrected chi connectivity index (χ0v) is 10.6. The van der Waals surface area contributed by atoms with E-state index in [4.69, 9.17) is 23.2 Å². The van der Waals surface area contributed by atoms with Crippen LogP contribution < -0.4 is 10.6 Å². The lowest BCUT2D eigenvalue weighted by atomic mass is 10.1. The summed E-state index contributed by atoms with van der Waals surface area (Å²) >= 11 is 11.7. The summed E-state index contributed by atoms with van der Waals surface area (Å²) < 4.78 is 0. The van der Waals surface area contributed by atoms with Gasteiger partial charge in [-0.15, -0.1) is 0 Å². The Morgan fingerprint density at radius 1 is 1.41 bits per heavy atom. The van der Waals surface area contributed by atoms with E-state index in [-0.39, 0.29) is 0 Å². The minimum absolute atomic E-state index is 0.379. The highest BCUT2D eigenvalue weighted by molar-refractivity contribution is 6.42. The van der Waals surface area contributed by atoms with Crippen LogP contribution in [0.1, 0.15) is 11.7 Å². The third kappa shape index (κ3) is 3.25. The standard InChI is InChI=1S/C11H13Cl2N3O/c12-8-2-1-7(5-9(8)13)10(17)6-16-11-14-3-4-15-11/h1-2,5,10,17H,3-4,6H2,(H2,14,15,16). The largest absolute Gasteiger partial charge is 0.387 e. The minimum Gasteiger partial charge on any atom is -0.387 e. The number of aliphatic hydroxyl groups excluding tert-OH is 1. The Labute approximate surface area is 110 Å². The third-order valence-electron chi connectivity index (χ3n) is 2.47. The van der Waals surface area contributed by atoms with Crippen molar-refractivity contribution >= 4 is 29.2 Å². The second-order valence-electron chi connectivity index (χ2n) is 3.73. The second kappa shape index (κ2) is 5.58. The zero-order valence-electron chi connectivity index (χ0n) is 9.08. The highest BCUT2D eigenvalue weighted by atomic mass is 35.5. The molecular formula is C11H13Cl2N3O. The van der Waals surface area contributed by atoms with Crippen molar-refractivity contribution in [2.75, 3.05) is 19.6 Å². The number of hydrogen-bond acceptors (Lipinski definition) is 4. The number of halogens is 2. The van der Waals surface area contributed by atoms with Crippen LogP contribution in [0, 0.1) is 0 Å². The first kappa shape index (κ1) is 12.5. The van der Waals surface area contributed by atoms with Crippen LogP contribution >= 0.6 is 23.2 Å². The van der Waals surface area contributed by atoms with Gasteiger partial charge in [-0.2, -0.15) is 0 Å². The molecular weight excluding hydrogens is 261 g/mol. The summed E-state index contributed by atoms with van der Waals surface area (Å²) in [6.07, 6.45) is -0.644. The van der Waals surface area contributed by atoms with Gasteiger partial charge in [0.15, 0.2) is 5.96 Å². The second-order valence-corrected chi connectivity index (χ2v) is 4.54. The van der Waals surface area contributed by atoms with Crippen LogP contribution in [0.2, 0.25) is 10.0 Å². The number of aliphatic imine (C=N–C) groups is 1. The summed E-state index contributed by atoms with van der Waals surface area (Å²) in [7, 11) is 0. The molecule has 2 rings (SSSR count). The third-order valence-corrected chi connectivity index (χ3v) is 3.20. The molecule has 4 nitrogen and oxygen atoms in total. The van der Waals surface area contributed by atoms with E-state index in [1.54, 1.807) is 18.2 Å². The smallest absolute Gasteiger partial charge is 0.191 e. The maximum absolute atomic E-state index is 9.95. The molecule has 1 aliphatic heterocycles. The Kier molecular flexibility index (Phi) is 4.10. The van der Waals surface area contributed by atoms with E-state index in [0.717, 1.165) is 24.6 Å². The zero-order chi connectivity index (χ0) is 12.3. The Hall–Kier alpha value is -0.970. The number of nitrogens with zero attached hydrogens (tertiary/aromatic N) is 1. The van der Waals surface area contributed by atoms with Crippen molar-refractivity contribution in [1.82, 2.24) is 10.6 Å². The Morgan fingerprint density at radius 2 is 2.24 bits per heavy atom. The molecule has 1 aromatic carbocycles. The molecule has 0 fully saturated rings. The summed E-state index contributed by atoms with van der Waals surface area (Å²) in [5, 5.41) is 17.0. The fraction of sp³-hybridized carbons (Fsp3) is 0.364. The maximum atomic E-state index is 9.95. The molecule has 0 aliphatic carbocycles. The van der Waals surface area contributed by atoms with E-state index in [1.807, 2.05) is 0 Å². The molecule has 0 spiro atoms. The highest BCUT2D eigenvalue weighted by Crippen LogP contribution is 2.25. The maximum Gasteiger partial charge on any atom is 0.191 e. The van der Waals surface area contributed by atoms with Crippen molar-refractivity contribution in [2.24, 2.45) is 4.99 Å². The van der Waals surface area contributed by atoms with Gasteiger partial charge in [-0.3, -0.25) is 4.99 Å². The highest BCUT2D eigenvalue weighted by Gasteiger charge is 2.11. The predicted octanol–water partition coefficient (Wildman–Crippen LogP) is 1.58. The summed E-state index contributed by atoms with van der Waals surface area (Å²) in [5.41, 5.74) is 0.727. The van der Waals surface area contributed by atoms with Crippen LogP contribution in [0.25, 0.3) is 0 Å². The van der Waals surface area contributed by atoms with E-state index in [9.17, 15) is 5.11 Å². The van der Waals surface area contributed by atoms with Gasteiger partial charge in [0.1, 0.15) is 0 Å². The van der Waals surface area contributed by atoms with E-state index >= 15 is 0 Å². The van der Waals surface area contributed by atoms with Crippen molar-refractivity contribution in [3.63, 3.8) is 0 Å². The van der Waals surface area contributed by atoms with Gasteiger partial charge in [-0.1, -0.05) is 29.3 Å². The predicted molar refractivity (Wildman–Crippen MR) is 69.7 cm³/mol. The van der Waals surface area contributed by atoms with Crippen LogP contribution in [0.3, 0.4) is 0 Å². The van der Waals surface area contributed by atoms with Crippen molar-refractivity contribution in [1.29, 1.82) is 0 Å². The quantitative estimate of drug-likeness (QED) is 0.784. The van der Waals surface area contributed by atoms with Crippen molar-refractivity contribution in [2.45, 2.75) is 6.10 Å². The minimum atomic E-state index is -0.644. The van der Waals surface area contributed by atoms with E-state index in [1.165, 1.54) is 0 Å². The lowest BCUT2D eigenvalue weighted by molar-refractivity contribution is 0.181. The Balaban J connectivity index is 1.94. The Bertz CT molecular complexity index is 437. The van der Waals surface area contributed by atoms with Gasteiger partial charge >= 0.3 is 0 Å². The fourth-order valence-electron chi connectivity index (χ4n) is 1.55. The number of aliphatic hydroxyl groups is 1. The SMILES string of the molecule is OC(CNC1=NCCN1)c1ccc(Cl)c(Cl)c1. The summed E-state index contributed by atoms with van der Waals surface area (Å²) in [6.45, 7) is 1.99. The molecule has 1 aliphatic rings. The van der Waals surface area contributed by atoms with Gasteiger partial charge in [0, 0.05) is 13.1 Å². The van der Waals surface area contributed by atoms with Crippen LogP contribution in [0.15, 0.2) is 23.2 Å². The van der Waals surface area contributed by atoms with Crippen molar-refractivity contribution < 1.29 is 5.11 Å². The van der Waals surface area contributed by atoms with Crippen molar-refractivity contribution in [3.05, 3.63) is 33.8 Å². The fourth-order valence-corrected chi connectivity index (χ4v) is 1.85. The van der Waals surface area contributed by atoms with E-state index < -0.39 is 6.10 Å². The average molecular weight is 274 g/mol. The molecule has 1 atom stereocenters.